The Balaban J connectivity index is 0.00000101. The second-order valence-electron chi connectivity index (χ2n) is 6.43. The maximum Gasteiger partial charge on any atom is 0.290 e. The molecule has 1 aromatic carbocycles. The molecule has 8 heteroatoms. The van der Waals surface area contributed by atoms with Crippen LogP contribution < -0.4 is 5.73 Å². The fraction of sp³-hybridized carbons (Fsp3) is 0.273. The standard InChI is InChI=1S/C21H20N4O2.CH2O2/c1-14(27)25-10-9-19-18(13-25)20(17(12-22)21(23)24-19)16-7-5-15(6-8-16)4-2-3-11-26;2-1-3/h5-8,26H,3,9-11,13H2,1H3,(H2,23,24);1H,(H,2,3). The van der Waals surface area contributed by atoms with Crippen molar-refractivity contribution >= 4 is 18.2 Å². The van der Waals surface area contributed by atoms with Gasteiger partial charge in [-0.2, -0.15) is 5.26 Å². The molecule has 3 rings (SSSR count). The van der Waals surface area contributed by atoms with Crippen molar-refractivity contribution in [1.29, 1.82) is 5.26 Å². The van der Waals surface area contributed by atoms with Crippen LogP contribution in [0.5, 0.6) is 0 Å². The Morgan fingerprint density at radius 1 is 1.37 bits per heavy atom. The monoisotopic (exact) mass is 406 g/mol. The lowest BCUT2D eigenvalue weighted by Crippen LogP contribution is -2.35. The molecule has 2 aromatic rings. The zero-order valence-electron chi connectivity index (χ0n) is 16.6. The van der Waals surface area contributed by atoms with Crippen LogP contribution in [-0.2, 0) is 22.6 Å². The molecule has 8 nitrogen and oxygen atoms in total. The van der Waals surface area contributed by atoms with Crippen molar-refractivity contribution in [2.24, 2.45) is 0 Å². The summed E-state index contributed by atoms with van der Waals surface area (Å²) in [5.41, 5.74) is 10.5. The van der Waals surface area contributed by atoms with Gasteiger partial charge in [-0.15, -0.1) is 0 Å². The Bertz CT molecular complexity index is 1030. The van der Waals surface area contributed by atoms with Gasteiger partial charge < -0.3 is 20.8 Å². The van der Waals surface area contributed by atoms with Gasteiger partial charge in [-0.1, -0.05) is 24.0 Å². The van der Waals surface area contributed by atoms with Crippen molar-refractivity contribution in [3.05, 3.63) is 46.6 Å². The van der Waals surface area contributed by atoms with E-state index in [9.17, 15) is 10.1 Å². The number of aromatic nitrogens is 1. The minimum Gasteiger partial charge on any atom is -0.483 e. The minimum atomic E-state index is -0.250. The highest BCUT2D eigenvalue weighted by Gasteiger charge is 2.26. The van der Waals surface area contributed by atoms with Gasteiger partial charge in [0, 0.05) is 49.5 Å². The summed E-state index contributed by atoms with van der Waals surface area (Å²) in [5, 5.41) is 25.3. The van der Waals surface area contributed by atoms with Gasteiger partial charge >= 0.3 is 0 Å². The minimum absolute atomic E-state index is 0.00330. The number of amides is 1. The first-order valence-corrected chi connectivity index (χ1v) is 9.21. The Morgan fingerprint density at radius 2 is 2.03 bits per heavy atom. The summed E-state index contributed by atoms with van der Waals surface area (Å²) in [4.78, 5) is 26.3. The number of anilines is 1. The zero-order chi connectivity index (χ0) is 22.1. The number of hydrogen-bond donors (Lipinski definition) is 3. The molecule has 1 aromatic heterocycles. The van der Waals surface area contributed by atoms with E-state index in [4.69, 9.17) is 20.7 Å². The molecule has 2 heterocycles. The summed E-state index contributed by atoms with van der Waals surface area (Å²) in [5.74, 6) is 6.08. The van der Waals surface area contributed by atoms with Crippen LogP contribution in [0.3, 0.4) is 0 Å². The predicted molar refractivity (Wildman–Crippen MR) is 111 cm³/mol. The Hall–Kier alpha value is -3.88. The van der Waals surface area contributed by atoms with E-state index in [1.807, 2.05) is 24.3 Å². The van der Waals surface area contributed by atoms with Crippen molar-refractivity contribution in [2.45, 2.75) is 26.3 Å². The predicted octanol–water partition coefficient (Wildman–Crippen LogP) is 1.54. The number of rotatable bonds is 2. The average molecular weight is 406 g/mol. The van der Waals surface area contributed by atoms with Gasteiger partial charge in [-0.05, 0) is 17.7 Å². The molecule has 1 aliphatic heterocycles. The number of aliphatic hydroxyl groups excluding tert-OH is 1. The fourth-order valence-electron chi connectivity index (χ4n) is 3.22. The third-order valence-electron chi connectivity index (χ3n) is 4.58. The van der Waals surface area contributed by atoms with Crippen LogP contribution in [-0.4, -0.2) is 45.6 Å². The molecule has 0 spiro atoms. The summed E-state index contributed by atoms with van der Waals surface area (Å²) in [6, 6.07) is 9.70. The number of pyridine rings is 1. The summed E-state index contributed by atoms with van der Waals surface area (Å²) in [6.07, 6.45) is 1.04. The highest BCUT2D eigenvalue weighted by Crippen LogP contribution is 2.35. The SMILES string of the molecule is CC(=O)N1CCc2nc(N)c(C#N)c(-c3ccc(C#CCCO)cc3)c2C1.O=CO. The van der Waals surface area contributed by atoms with Gasteiger partial charge in [0.2, 0.25) is 5.91 Å². The van der Waals surface area contributed by atoms with Gasteiger partial charge in [-0.3, -0.25) is 9.59 Å². The second-order valence-corrected chi connectivity index (χ2v) is 6.43. The third kappa shape index (κ3) is 5.13. The highest BCUT2D eigenvalue weighted by molar-refractivity contribution is 5.81. The van der Waals surface area contributed by atoms with Crippen LogP contribution in [0.4, 0.5) is 5.82 Å². The number of aliphatic hydroxyl groups is 1. The second kappa shape index (κ2) is 10.6. The quantitative estimate of drug-likeness (QED) is 0.507. The van der Waals surface area contributed by atoms with Gasteiger partial charge in [0.05, 0.1) is 12.3 Å². The molecule has 0 saturated carbocycles. The molecule has 4 N–H and O–H groups in total. The average Bonchev–Trinajstić information content (AvgIpc) is 2.73. The van der Waals surface area contributed by atoms with Crippen LogP contribution in [0, 0.1) is 23.2 Å². The molecule has 1 amide bonds. The summed E-state index contributed by atoms with van der Waals surface area (Å²) < 4.78 is 0. The van der Waals surface area contributed by atoms with Crippen molar-refractivity contribution in [3.63, 3.8) is 0 Å². The van der Waals surface area contributed by atoms with E-state index in [0.717, 1.165) is 27.9 Å². The Kier molecular flexibility index (Phi) is 7.92. The van der Waals surface area contributed by atoms with E-state index in [-0.39, 0.29) is 24.8 Å². The van der Waals surface area contributed by atoms with E-state index < -0.39 is 0 Å². The molecule has 1 aliphatic rings. The molecule has 0 fully saturated rings. The van der Waals surface area contributed by atoms with Gasteiger partial charge in [0.1, 0.15) is 17.5 Å². The number of hydrogen-bond acceptors (Lipinski definition) is 6. The largest absolute Gasteiger partial charge is 0.483 e. The van der Waals surface area contributed by atoms with Gasteiger partial charge in [0.15, 0.2) is 0 Å². The Morgan fingerprint density at radius 3 is 2.60 bits per heavy atom. The van der Waals surface area contributed by atoms with Gasteiger partial charge in [0.25, 0.3) is 6.47 Å². The van der Waals surface area contributed by atoms with Crippen molar-refractivity contribution < 1.29 is 19.8 Å². The summed E-state index contributed by atoms with van der Waals surface area (Å²) in [6.45, 7) is 2.34. The molecule has 0 radical (unpaired) electrons. The number of carbonyl (C=O) groups excluding carboxylic acids is 1. The maximum atomic E-state index is 11.8. The van der Waals surface area contributed by atoms with Crippen LogP contribution in [0.1, 0.15) is 35.7 Å². The van der Waals surface area contributed by atoms with Crippen LogP contribution in [0.15, 0.2) is 24.3 Å². The number of nitrogens with zero attached hydrogens (tertiary/aromatic N) is 3. The topological polar surface area (TPSA) is 141 Å². The molecule has 0 saturated heterocycles. The molecule has 0 unspecified atom stereocenters. The lowest BCUT2D eigenvalue weighted by molar-refractivity contribution is -0.129. The van der Waals surface area contributed by atoms with Crippen molar-refractivity contribution in [1.82, 2.24) is 9.88 Å². The molecule has 0 aliphatic carbocycles. The first-order valence-electron chi connectivity index (χ1n) is 9.21. The van der Waals surface area contributed by atoms with Crippen molar-refractivity contribution in [2.75, 3.05) is 18.9 Å². The molecule has 0 bridgehead atoms. The van der Waals surface area contributed by atoms with Crippen molar-refractivity contribution in [3.8, 4) is 29.0 Å². The molecular formula is C22H22N4O4. The smallest absolute Gasteiger partial charge is 0.290 e. The number of carbonyl (C=O) groups is 2. The lowest BCUT2D eigenvalue weighted by atomic mass is 9.90. The summed E-state index contributed by atoms with van der Waals surface area (Å²) in [7, 11) is 0. The number of nitriles is 1. The van der Waals surface area contributed by atoms with E-state index in [0.29, 0.717) is 31.5 Å². The van der Waals surface area contributed by atoms with Crippen LogP contribution >= 0.6 is 0 Å². The number of fused-ring (bicyclic) bond motifs is 1. The summed E-state index contributed by atoms with van der Waals surface area (Å²) >= 11 is 0. The van der Waals surface area contributed by atoms with Crippen LogP contribution in [0.2, 0.25) is 0 Å². The fourth-order valence-corrected chi connectivity index (χ4v) is 3.22. The van der Waals surface area contributed by atoms with E-state index >= 15 is 0 Å². The van der Waals surface area contributed by atoms with Gasteiger partial charge in [-0.25, -0.2) is 4.98 Å². The lowest BCUT2D eigenvalue weighted by Gasteiger charge is -2.29. The molecule has 0 atom stereocenters. The van der Waals surface area contributed by atoms with E-state index in [2.05, 4.69) is 22.9 Å². The normalized spacial score (nSPS) is 11.7. The zero-order valence-corrected chi connectivity index (χ0v) is 16.6. The molecule has 30 heavy (non-hydrogen) atoms. The number of benzene rings is 1. The maximum absolute atomic E-state index is 11.8. The highest BCUT2D eigenvalue weighted by atomic mass is 16.3. The number of nitrogen functional groups attached to an aromatic ring is 1. The van der Waals surface area contributed by atoms with E-state index in [1.165, 1.54) is 0 Å². The number of nitrogens with two attached hydrogens (primary N) is 1. The Labute approximate surface area is 174 Å². The first-order chi connectivity index (χ1) is 14.5. The molecule has 154 valence electrons. The first kappa shape index (κ1) is 22.4. The molecular weight excluding hydrogens is 384 g/mol. The number of carboxylic acid groups (broad SMARTS) is 1. The van der Waals surface area contributed by atoms with Crippen LogP contribution in [0.25, 0.3) is 11.1 Å². The third-order valence-corrected chi connectivity index (χ3v) is 4.58. The van der Waals surface area contributed by atoms with E-state index in [1.54, 1.807) is 11.8 Å².